The van der Waals surface area contributed by atoms with Crippen molar-refractivity contribution in [2.45, 2.75) is 39.8 Å². The molecule has 1 aromatic rings. The summed E-state index contributed by atoms with van der Waals surface area (Å²) in [6.45, 7) is 13.9. The van der Waals surface area contributed by atoms with Gasteiger partial charge in [-0.05, 0) is 52.4 Å². The number of hydrogen-bond acceptors (Lipinski definition) is 6. The number of nitrogens with zero attached hydrogens (tertiary/aromatic N) is 4. The van der Waals surface area contributed by atoms with E-state index in [0.29, 0.717) is 25.6 Å². The molecule has 10 heteroatoms. The average molecular weight is 547 g/mol. The molecular weight excluding hydrogens is 509 g/mol. The number of aromatic nitrogens is 1. The van der Waals surface area contributed by atoms with Crippen LogP contribution in [0.25, 0.3) is 0 Å². The SMILES string of the molecule is CCNC(=NCc1ccnc(N2CCN(C)CC2)c1)NCCNC(=O)OC(C)(C)C.I. The Morgan fingerprint density at radius 2 is 1.84 bits per heavy atom. The Hall–Kier alpha value is -1.82. The predicted octanol–water partition coefficient (Wildman–Crippen LogP) is 2.03. The molecule has 0 bridgehead atoms. The van der Waals surface area contributed by atoms with Crippen LogP contribution in [0.1, 0.15) is 33.3 Å². The van der Waals surface area contributed by atoms with Gasteiger partial charge in [-0.1, -0.05) is 0 Å². The summed E-state index contributed by atoms with van der Waals surface area (Å²) in [5, 5.41) is 9.19. The normalized spacial score (nSPS) is 15.1. The molecule has 1 aliphatic heterocycles. The largest absolute Gasteiger partial charge is 0.444 e. The third-order valence-corrected chi connectivity index (χ3v) is 4.49. The van der Waals surface area contributed by atoms with Crippen molar-refractivity contribution in [3.8, 4) is 0 Å². The number of likely N-dealkylation sites (N-methyl/N-ethyl adjacent to an activating group) is 1. The minimum atomic E-state index is -0.499. The molecule has 2 rings (SSSR count). The van der Waals surface area contributed by atoms with E-state index in [9.17, 15) is 4.79 Å². The second-order valence-corrected chi connectivity index (χ2v) is 8.36. The lowest BCUT2D eigenvalue weighted by Crippen LogP contribution is -2.44. The molecule has 3 N–H and O–H groups in total. The van der Waals surface area contributed by atoms with Crippen molar-refractivity contribution in [1.29, 1.82) is 0 Å². The summed E-state index contributed by atoms with van der Waals surface area (Å²) >= 11 is 0. The highest BCUT2D eigenvalue weighted by Crippen LogP contribution is 2.15. The third-order valence-electron chi connectivity index (χ3n) is 4.49. The predicted molar refractivity (Wildman–Crippen MR) is 136 cm³/mol. The van der Waals surface area contributed by atoms with Crippen molar-refractivity contribution >= 4 is 41.8 Å². The van der Waals surface area contributed by atoms with Gasteiger partial charge in [-0.15, -0.1) is 24.0 Å². The standard InChI is InChI=1S/C21H37N7O2.HI/c1-6-22-19(24-9-10-25-20(29)30-21(2,3)4)26-16-17-7-8-23-18(15-17)28-13-11-27(5)12-14-28;/h7-8,15H,6,9-14,16H2,1-5H3,(H,25,29)(H2,22,24,26);1H. The number of amides is 1. The molecule has 1 amide bonds. The highest BCUT2D eigenvalue weighted by molar-refractivity contribution is 14.0. The number of guanidine groups is 1. The van der Waals surface area contributed by atoms with E-state index in [1.54, 1.807) is 0 Å². The van der Waals surface area contributed by atoms with E-state index < -0.39 is 11.7 Å². The molecule has 9 nitrogen and oxygen atoms in total. The molecule has 176 valence electrons. The summed E-state index contributed by atoms with van der Waals surface area (Å²) < 4.78 is 5.23. The monoisotopic (exact) mass is 547 g/mol. The van der Waals surface area contributed by atoms with Crippen LogP contribution < -0.4 is 20.9 Å². The third kappa shape index (κ3) is 10.9. The van der Waals surface area contributed by atoms with Gasteiger partial charge < -0.3 is 30.5 Å². The van der Waals surface area contributed by atoms with E-state index in [-0.39, 0.29) is 24.0 Å². The number of anilines is 1. The fourth-order valence-corrected chi connectivity index (χ4v) is 2.94. The van der Waals surface area contributed by atoms with Gasteiger partial charge in [0.1, 0.15) is 11.4 Å². The number of pyridine rings is 1. The molecule has 1 fully saturated rings. The van der Waals surface area contributed by atoms with Crippen LogP contribution in [0, 0.1) is 0 Å². The minimum Gasteiger partial charge on any atom is -0.444 e. The van der Waals surface area contributed by atoms with Gasteiger partial charge >= 0.3 is 6.09 Å². The van der Waals surface area contributed by atoms with E-state index in [0.717, 1.165) is 44.1 Å². The van der Waals surface area contributed by atoms with Crippen molar-refractivity contribution in [3.05, 3.63) is 23.9 Å². The average Bonchev–Trinajstić information content (AvgIpc) is 2.68. The van der Waals surface area contributed by atoms with Gasteiger partial charge in [0.25, 0.3) is 0 Å². The Kier molecular flexibility index (Phi) is 11.9. The van der Waals surface area contributed by atoms with Crippen LogP contribution in [-0.4, -0.2) is 80.4 Å². The Morgan fingerprint density at radius 3 is 2.48 bits per heavy atom. The van der Waals surface area contributed by atoms with Gasteiger partial charge in [-0.3, -0.25) is 0 Å². The van der Waals surface area contributed by atoms with Crippen molar-refractivity contribution in [1.82, 2.24) is 25.8 Å². The maximum Gasteiger partial charge on any atom is 0.407 e. The topological polar surface area (TPSA) is 94.1 Å². The second kappa shape index (κ2) is 13.6. The van der Waals surface area contributed by atoms with Gasteiger partial charge in [-0.2, -0.15) is 0 Å². The van der Waals surface area contributed by atoms with Crippen LogP contribution >= 0.6 is 24.0 Å². The zero-order valence-corrected chi connectivity index (χ0v) is 21.7. The molecule has 0 saturated carbocycles. The van der Waals surface area contributed by atoms with E-state index in [1.807, 2.05) is 40.0 Å². The summed E-state index contributed by atoms with van der Waals surface area (Å²) in [7, 11) is 2.15. The molecule has 0 spiro atoms. The van der Waals surface area contributed by atoms with Crippen molar-refractivity contribution in [2.75, 3.05) is 57.8 Å². The smallest absolute Gasteiger partial charge is 0.407 e. The van der Waals surface area contributed by atoms with Crippen LogP contribution in [0.2, 0.25) is 0 Å². The highest BCUT2D eigenvalue weighted by Gasteiger charge is 2.16. The van der Waals surface area contributed by atoms with Gasteiger partial charge in [0, 0.05) is 52.0 Å². The first-order chi connectivity index (χ1) is 14.3. The summed E-state index contributed by atoms with van der Waals surface area (Å²) in [4.78, 5) is 25.5. The number of rotatable bonds is 7. The maximum atomic E-state index is 11.7. The molecule has 0 aliphatic carbocycles. The number of carbonyl (C=O) groups is 1. The summed E-state index contributed by atoms with van der Waals surface area (Å²) in [6.07, 6.45) is 1.43. The molecule has 1 aliphatic rings. The van der Waals surface area contributed by atoms with E-state index in [1.165, 1.54) is 0 Å². The number of nitrogens with one attached hydrogen (secondary N) is 3. The number of ether oxygens (including phenoxy) is 1. The van der Waals surface area contributed by atoms with E-state index in [2.05, 4.69) is 48.8 Å². The molecule has 31 heavy (non-hydrogen) atoms. The first kappa shape index (κ1) is 27.2. The van der Waals surface area contributed by atoms with Crippen molar-refractivity contribution in [2.24, 2.45) is 4.99 Å². The molecular formula is C21H38IN7O2. The van der Waals surface area contributed by atoms with Gasteiger partial charge in [0.05, 0.1) is 6.54 Å². The lowest BCUT2D eigenvalue weighted by molar-refractivity contribution is 0.0529. The summed E-state index contributed by atoms with van der Waals surface area (Å²) in [6, 6.07) is 4.11. The Morgan fingerprint density at radius 1 is 1.16 bits per heavy atom. The fraction of sp³-hybridized carbons (Fsp3) is 0.667. The second-order valence-electron chi connectivity index (χ2n) is 8.36. The number of halogens is 1. The van der Waals surface area contributed by atoms with Crippen LogP contribution in [0.15, 0.2) is 23.3 Å². The van der Waals surface area contributed by atoms with Gasteiger partial charge in [0.2, 0.25) is 0 Å². The van der Waals surface area contributed by atoms with E-state index in [4.69, 9.17) is 4.74 Å². The quantitative estimate of drug-likeness (QED) is 0.208. The summed E-state index contributed by atoms with van der Waals surface area (Å²) in [5.74, 6) is 1.72. The molecule has 0 unspecified atom stereocenters. The molecule has 0 radical (unpaired) electrons. The van der Waals surface area contributed by atoms with Gasteiger partial charge in [0.15, 0.2) is 5.96 Å². The number of piperazine rings is 1. The molecule has 0 atom stereocenters. The van der Waals surface area contributed by atoms with E-state index >= 15 is 0 Å². The maximum absolute atomic E-state index is 11.7. The van der Waals surface area contributed by atoms with Crippen LogP contribution in [0.3, 0.4) is 0 Å². The highest BCUT2D eigenvalue weighted by atomic mass is 127. The van der Waals surface area contributed by atoms with Crippen LogP contribution in [0.5, 0.6) is 0 Å². The molecule has 0 aromatic carbocycles. The number of alkyl carbamates (subject to hydrolysis) is 1. The Bertz CT molecular complexity index is 701. The first-order valence-electron chi connectivity index (χ1n) is 10.6. The zero-order chi connectivity index (χ0) is 22.0. The first-order valence-corrected chi connectivity index (χ1v) is 10.6. The lowest BCUT2D eigenvalue weighted by atomic mass is 10.2. The Balaban J connectivity index is 0.00000480. The molecule has 2 heterocycles. The fourth-order valence-electron chi connectivity index (χ4n) is 2.94. The van der Waals surface area contributed by atoms with Crippen LogP contribution in [-0.2, 0) is 11.3 Å². The number of hydrogen-bond donors (Lipinski definition) is 3. The van der Waals surface area contributed by atoms with Crippen molar-refractivity contribution < 1.29 is 9.53 Å². The molecule has 1 aromatic heterocycles. The molecule has 1 saturated heterocycles. The number of carbonyl (C=O) groups excluding carboxylic acids is 1. The van der Waals surface area contributed by atoms with Crippen LogP contribution in [0.4, 0.5) is 10.6 Å². The number of aliphatic imine (C=N–C) groups is 1. The Labute approximate surface area is 203 Å². The van der Waals surface area contributed by atoms with Crippen molar-refractivity contribution in [3.63, 3.8) is 0 Å². The summed E-state index contributed by atoms with van der Waals surface area (Å²) in [5.41, 5.74) is 0.615. The van der Waals surface area contributed by atoms with Gasteiger partial charge in [-0.25, -0.2) is 14.8 Å². The lowest BCUT2D eigenvalue weighted by Gasteiger charge is -2.33. The minimum absolute atomic E-state index is 0. The zero-order valence-electron chi connectivity index (χ0n) is 19.4.